The third-order valence-corrected chi connectivity index (χ3v) is 1.69. The monoisotopic (exact) mass is 134 g/mol. The Balaban J connectivity index is 2.64. The van der Waals surface area contributed by atoms with Crippen molar-refractivity contribution in [3.05, 3.63) is 36.0 Å². The van der Waals surface area contributed by atoms with Gasteiger partial charge in [-0.05, 0) is 26.2 Å². The van der Waals surface area contributed by atoms with Gasteiger partial charge in [0.05, 0.1) is 0 Å². The summed E-state index contributed by atoms with van der Waals surface area (Å²) in [5.74, 6) is 0. The van der Waals surface area contributed by atoms with Crippen molar-refractivity contribution in [3.8, 4) is 0 Å². The molecule has 0 heterocycles. The second-order valence-corrected chi connectivity index (χ2v) is 2.86. The van der Waals surface area contributed by atoms with Crippen LogP contribution in [0.15, 0.2) is 36.0 Å². The summed E-state index contributed by atoms with van der Waals surface area (Å²) in [5.41, 5.74) is 2.68. The van der Waals surface area contributed by atoms with Crippen molar-refractivity contribution in [2.24, 2.45) is 0 Å². The van der Waals surface area contributed by atoms with Gasteiger partial charge in [0.25, 0.3) is 0 Å². The first-order chi connectivity index (χ1) is 4.79. The largest absolute Gasteiger partial charge is 0.0958 e. The van der Waals surface area contributed by atoms with E-state index in [0.717, 1.165) is 19.3 Å². The lowest BCUT2D eigenvalue weighted by Gasteiger charge is -2.03. The molecule has 0 atom stereocenters. The van der Waals surface area contributed by atoms with Gasteiger partial charge in [-0.2, -0.15) is 0 Å². The normalized spacial score (nSPS) is 28.1. The van der Waals surface area contributed by atoms with Gasteiger partial charge in [-0.15, -0.1) is 0 Å². The molecule has 1 rings (SSSR count). The molecule has 0 aromatic heterocycles. The first kappa shape index (κ1) is 7.33. The highest BCUT2D eigenvalue weighted by atomic mass is 14.0. The van der Waals surface area contributed by atoms with Crippen LogP contribution in [0, 0.1) is 0 Å². The second-order valence-electron chi connectivity index (χ2n) is 2.86. The van der Waals surface area contributed by atoms with Gasteiger partial charge in [-0.3, -0.25) is 0 Å². The van der Waals surface area contributed by atoms with Gasteiger partial charge < -0.3 is 0 Å². The smallest absolute Gasteiger partial charge is 0.0138 e. The van der Waals surface area contributed by atoms with Gasteiger partial charge in [-0.1, -0.05) is 36.0 Å². The van der Waals surface area contributed by atoms with Crippen LogP contribution >= 0.6 is 0 Å². The van der Waals surface area contributed by atoms with Crippen molar-refractivity contribution in [2.75, 3.05) is 0 Å². The molecule has 0 fully saturated rings. The van der Waals surface area contributed by atoms with E-state index in [4.69, 9.17) is 0 Å². The number of rotatable bonds is 0. The maximum Gasteiger partial charge on any atom is -0.0138 e. The average molecular weight is 134 g/mol. The zero-order valence-electron chi connectivity index (χ0n) is 6.56. The van der Waals surface area contributed by atoms with Gasteiger partial charge in [0, 0.05) is 0 Å². The Labute approximate surface area is 62.9 Å². The Hall–Kier alpha value is -0.780. The highest BCUT2D eigenvalue weighted by molar-refractivity contribution is 5.22. The van der Waals surface area contributed by atoms with Gasteiger partial charge in [0.1, 0.15) is 0 Å². The number of hydrogen-bond donors (Lipinski definition) is 0. The van der Waals surface area contributed by atoms with Gasteiger partial charge in [0.15, 0.2) is 0 Å². The Kier molecular flexibility index (Phi) is 2.49. The molecule has 0 aliphatic heterocycles. The van der Waals surface area contributed by atoms with Crippen LogP contribution < -0.4 is 0 Å². The van der Waals surface area contributed by atoms with Gasteiger partial charge >= 0.3 is 0 Å². The lowest BCUT2D eigenvalue weighted by Crippen LogP contribution is -1.83. The minimum Gasteiger partial charge on any atom is -0.0958 e. The Morgan fingerprint density at radius 2 is 2.20 bits per heavy atom. The van der Waals surface area contributed by atoms with Crippen LogP contribution in [0.4, 0.5) is 0 Å². The van der Waals surface area contributed by atoms with Crippen molar-refractivity contribution < 1.29 is 0 Å². The Morgan fingerprint density at radius 1 is 1.40 bits per heavy atom. The van der Waals surface area contributed by atoms with E-state index >= 15 is 0 Å². The van der Waals surface area contributed by atoms with Crippen molar-refractivity contribution in [3.63, 3.8) is 0 Å². The van der Waals surface area contributed by atoms with Gasteiger partial charge in [0.2, 0.25) is 0 Å². The topological polar surface area (TPSA) is 0 Å². The summed E-state index contributed by atoms with van der Waals surface area (Å²) in [6.45, 7) is 6.11. The molecule has 0 bridgehead atoms. The standard InChI is InChI=1S/C10H14/c1-9-6-4-3-5-7-10(2)8-9/h3,5,8H,1,4,6-7H2,2H3/b5-3-,10-8-. The van der Waals surface area contributed by atoms with E-state index < -0.39 is 0 Å². The summed E-state index contributed by atoms with van der Waals surface area (Å²) < 4.78 is 0. The van der Waals surface area contributed by atoms with Crippen LogP contribution in [-0.2, 0) is 0 Å². The summed E-state index contributed by atoms with van der Waals surface area (Å²) in [6, 6.07) is 0. The zero-order chi connectivity index (χ0) is 7.40. The Morgan fingerprint density at radius 3 is 3.00 bits per heavy atom. The summed E-state index contributed by atoms with van der Waals surface area (Å²) in [5, 5.41) is 0. The SMILES string of the molecule is C=C1/C=C(/C)C/C=C\CC1. The fraction of sp³-hybridized carbons (Fsp3) is 0.400. The van der Waals surface area contributed by atoms with Gasteiger partial charge in [-0.25, -0.2) is 0 Å². The third kappa shape index (κ3) is 2.22. The minimum absolute atomic E-state index is 1.10. The molecule has 0 heteroatoms. The number of hydrogen-bond acceptors (Lipinski definition) is 0. The summed E-state index contributed by atoms with van der Waals surface area (Å²) in [7, 11) is 0. The van der Waals surface area contributed by atoms with Crippen LogP contribution in [0.25, 0.3) is 0 Å². The van der Waals surface area contributed by atoms with Crippen LogP contribution in [0.2, 0.25) is 0 Å². The molecule has 0 unspecified atom stereocenters. The summed E-state index contributed by atoms with van der Waals surface area (Å²) in [4.78, 5) is 0. The first-order valence-corrected chi connectivity index (χ1v) is 3.79. The predicted molar refractivity (Wildman–Crippen MR) is 45.9 cm³/mol. The fourth-order valence-corrected chi connectivity index (χ4v) is 1.14. The Bertz CT molecular complexity index is 182. The van der Waals surface area contributed by atoms with E-state index in [9.17, 15) is 0 Å². The van der Waals surface area contributed by atoms with Crippen LogP contribution in [-0.4, -0.2) is 0 Å². The molecule has 0 amide bonds. The molecule has 0 saturated heterocycles. The van der Waals surface area contributed by atoms with E-state index in [0.29, 0.717) is 0 Å². The molecule has 1 aliphatic rings. The van der Waals surface area contributed by atoms with Crippen LogP contribution in [0.1, 0.15) is 26.2 Å². The highest BCUT2D eigenvalue weighted by Crippen LogP contribution is 2.13. The molecule has 0 nitrogen and oxygen atoms in total. The molecule has 0 N–H and O–H groups in total. The van der Waals surface area contributed by atoms with E-state index in [1.165, 1.54) is 11.1 Å². The fourth-order valence-electron chi connectivity index (χ4n) is 1.14. The molecular weight excluding hydrogens is 120 g/mol. The third-order valence-electron chi connectivity index (χ3n) is 1.69. The molecule has 0 radical (unpaired) electrons. The zero-order valence-corrected chi connectivity index (χ0v) is 6.56. The molecule has 0 aromatic rings. The maximum atomic E-state index is 3.96. The van der Waals surface area contributed by atoms with E-state index in [-0.39, 0.29) is 0 Å². The molecule has 1 aliphatic carbocycles. The molecule has 10 heavy (non-hydrogen) atoms. The molecule has 0 aromatic carbocycles. The average Bonchev–Trinajstić information content (AvgIpc) is 1.83. The van der Waals surface area contributed by atoms with Crippen molar-refractivity contribution in [2.45, 2.75) is 26.2 Å². The van der Waals surface area contributed by atoms with E-state index in [2.05, 4.69) is 31.7 Å². The van der Waals surface area contributed by atoms with Crippen molar-refractivity contribution >= 4 is 0 Å². The quantitative estimate of drug-likeness (QED) is 0.446. The molecule has 0 spiro atoms. The molecular formula is C10H14. The lowest BCUT2D eigenvalue weighted by molar-refractivity contribution is 0.981. The minimum atomic E-state index is 1.10. The van der Waals surface area contributed by atoms with Crippen molar-refractivity contribution in [1.82, 2.24) is 0 Å². The van der Waals surface area contributed by atoms with Crippen LogP contribution in [0.3, 0.4) is 0 Å². The summed E-state index contributed by atoms with van der Waals surface area (Å²) >= 11 is 0. The maximum absolute atomic E-state index is 3.96. The van der Waals surface area contributed by atoms with E-state index in [1.54, 1.807) is 0 Å². The molecule has 0 saturated carbocycles. The highest BCUT2D eigenvalue weighted by Gasteiger charge is 1.93. The number of allylic oxidation sites excluding steroid dienone is 5. The predicted octanol–water partition coefficient (Wildman–Crippen LogP) is 3.23. The van der Waals surface area contributed by atoms with Crippen LogP contribution in [0.5, 0.6) is 0 Å². The first-order valence-electron chi connectivity index (χ1n) is 3.79. The second kappa shape index (κ2) is 3.40. The molecule has 54 valence electrons. The lowest BCUT2D eigenvalue weighted by atomic mass is 10.0. The van der Waals surface area contributed by atoms with E-state index in [1.807, 2.05) is 0 Å². The summed E-state index contributed by atoms with van der Waals surface area (Å²) in [6.07, 6.45) is 10.0. The van der Waals surface area contributed by atoms with Crippen molar-refractivity contribution in [1.29, 1.82) is 0 Å².